The maximum atomic E-state index is 13.8. The number of esters is 1. The lowest BCUT2D eigenvalue weighted by Crippen LogP contribution is -2.67. The van der Waals surface area contributed by atoms with Crippen molar-refractivity contribution in [2.24, 2.45) is 0 Å². The first-order valence-corrected chi connectivity index (χ1v) is 12.1. The van der Waals surface area contributed by atoms with Crippen LogP contribution in [0.4, 0.5) is 0 Å². The molecule has 3 amide bonds. The summed E-state index contributed by atoms with van der Waals surface area (Å²) in [7, 11) is 0. The second kappa shape index (κ2) is 10.1. The molecule has 2 saturated heterocycles. The lowest BCUT2D eigenvalue weighted by atomic mass is 9.97. The van der Waals surface area contributed by atoms with Crippen LogP contribution in [0.5, 0.6) is 0 Å². The number of nitrogens with one attached hydrogen (secondary N) is 3. The van der Waals surface area contributed by atoms with Crippen molar-refractivity contribution in [1.29, 1.82) is 0 Å². The molecular formula is C26H28N4O6. The van der Waals surface area contributed by atoms with E-state index in [0.29, 0.717) is 24.9 Å². The smallest absolute Gasteiger partial charge is 0.310 e. The highest BCUT2D eigenvalue weighted by Gasteiger charge is 2.43. The van der Waals surface area contributed by atoms with E-state index in [1.807, 2.05) is 42.5 Å². The molecule has 0 radical (unpaired) electrons. The second-order valence-electron chi connectivity index (χ2n) is 9.27. The molecule has 10 nitrogen and oxygen atoms in total. The molecular weight excluding hydrogens is 464 g/mol. The number of fused-ring (bicyclic) bond motifs is 2. The van der Waals surface area contributed by atoms with Gasteiger partial charge in [-0.25, -0.2) is 0 Å². The number of ether oxygens (including phenoxy) is 1. The number of cyclic esters (lactones) is 1. The molecule has 0 aromatic heterocycles. The Morgan fingerprint density at radius 3 is 2.58 bits per heavy atom. The lowest BCUT2D eigenvalue weighted by Gasteiger charge is -2.44. The molecule has 5 atom stereocenters. The first-order chi connectivity index (χ1) is 17.4. The summed E-state index contributed by atoms with van der Waals surface area (Å²) in [5.41, 5.74) is 0.470. The van der Waals surface area contributed by atoms with E-state index < -0.39 is 36.3 Å². The Hall–Kier alpha value is -3.76. The first kappa shape index (κ1) is 24.0. The monoisotopic (exact) mass is 492 g/mol. The van der Waals surface area contributed by atoms with E-state index in [1.165, 1.54) is 4.90 Å². The van der Waals surface area contributed by atoms with Crippen LogP contribution in [0.1, 0.15) is 29.6 Å². The third-order valence-electron chi connectivity index (χ3n) is 6.90. The second-order valence-corrected chi connectivity index (χ2v) is 9.27. The number of carbonyl (C=O) groups excluding carboxylic acids is 4. The van der Waals surface area contributed by atoms with Gasteiger partial charge in [-0.2, -0.15) is 0 Å². The maximum Gasteiger partial charge on any atom is 0.310 e. The summed E-state index contributed by atoms with van der Waals surface area (Å²) >= 11 is 0. The maximum absolute atomic E-state index is 13.8. The summed E-state index contributed by atoms with van der Waals surface area (Å²) in [5.74, 6) is -1.81. The minimum Gasteiger partial charge on any atom is -0.434 e. The predicted octanol–water partition coefficient (Wildman–Crippen LogP) is 0.207. The molecule has 10 heteroatoms. The number of aliphatic hydroxyl groups is 1. The van der Waals surface area contributed by atoms with Crippen molar-refractivity contribution in [3.63, 3.8) is 0 Å². The van der Waals surface area contributed by atoms with Crippen LogP contribution in [-0.4, -0.2) is 77.2 Å². The highest BCUT2D eigenvalue weighted by molar-refractivity contribution is 6.08. The zero-order valence-corrected chi connectivity index (χ0v) is 19.6. The van der Waals surface area contributed by atoms with Crippen molar-refractivity contribution in [2.75, 3.05) is 13.1 Å². The summed E-state index contributed by atoms with van der Waals surface area (Å²) in [6.45, 7) is 0.705. The van der Waals surface area contributed by atoms with E-state index in [2.05, 4.69) is 16.0 Å². The average Bonchev–Trinajstić information content (AvgIpc) is 3.19. The lowest BCUT2D eigenvalue weighted by molar-refractivity contribution is -0.156. The van der Waals surface area contributed by atoms with Crippen molar-refractivity contribution in [2.45, 2.75) is 49.7 Å². The number of amides is 3. The Morgan fingerprint density at radius 1 is 1.00 bits per heavy atom. The van der Waals surface area contributed by atoms with Crippen molar-refractivity contribution in [3.8, 4) is 0 Å². The van der Waals surface area contributed by atoms with E-state index in [1.54, 1.807) is 12.1 Å². The van der Waals surface area contributed by atoms with E-state index in [9.17, 15) is 24.3 Å². The molecule has 3 aliphatic rings. The van der Waals surface area contributed by atoms with Crippen molar-refractivity contribution in [1.82, 2.24) is 20.9 Å². The van der Waals surface area contributed by atoms with E-state index in [-0.39, 0.29) is 30.8 Å². The molecule has 2 aromatic rings. The Morgan fingerprint density at radius 2 is 1.78 bits per heavy atom. The molecule has 3 aliphatic heterocycles. The van der Waals surface area contributed by atoms with Gasteiger partial charge in [0, 0.05) is 24.7 Å². The number of benzene rings is 2. The van der Waals surface area contributed by atoms with Gasteiger partial charge in [0.1, 0.15) is 18.1 Å². The highest BCUT2D eigenvalue weighted by Crippen LogP contribution is 2.22. The summed E-state index contributed by atoms with van der Waals surface area (Å²) in [6, 6.07) is 10.1. The molecule has 2 unspecified atom stereocenters. The SMILES string of the molecule is O=C1CC(NC(=O)[C@@H]2CNC[C@@H]3C/C=C\C[C@H](NC(=O)c4cccc5ccccc45)C(=O)N32)C(O)O1. The number of hydrogen-bond acceptors (Lipinski definition) is 7. The molecule has 0 spiro atoms. The van der Waals surface area contributed by atoms with Gasteiger partial charge >= 0.3 is 5.97 Å². The number of nitrogens with zero attached hydrogens (tertiary/aromatic N) is 1. The molecule has 0 bridgehead atoms. The molecule has 4 N–H and O–H groups in total. The first-order valence-electron chi connectivity index (χ1n) is 12.1. The highest BCUT2D eigenvalue weighted by atomic mass is 16.6. The van der Waals surface area contributed by atoms with Gasteiger partial charge in [0.25, 0.3) is 5.91 Å². The Balaban J connectivity index is 1.37. The number of hydrogen-bond donors (Lipinski definition) is 4. The Bertz CT molecular complexity index is 1220. The zero-order valence-electron chi connectivity index (χ0n) is 19.6. The van der Waals surface area contributed by atoms with Crippen LogP contribution in [0.25, 0.3) is 10.8 Å². The number of piperazine rings is 1. The van der Waals surface area contributed by atoms with Crippen LogP contribution in [0.3, 0.4) is 0 Å². The van der Waals surface area contributed by atoms with Gasteiger partial charge < -0.3 is 30.7 Å². The quantitative estimate of drug-likeness (QED) is 0.354. The topological polar surface area (TPSA) is 137 Å². The standard InChI is InChI=1S/C26H28N4O6/c31-22-12-20(26(35)36-22)29-24(33)21-14-27-13-16-8-2-4-11-19(25(34)30(16)21)28-23(32)18-10-5-7-15-6-1-3-9-17(15)18/h1-7,9-10,16,19-21,26-27,35H,8,11-14H2,(H,28,32)(H,29,33)/b4-2-/t16-,19-,20?,21-,26?/m0/s1. The summed E-state index contributed by atoms with van der Waals surface area (Å²) < 4.78 is 4.71. The third kappa shape index (κ3) is 4.69. The number of aliphatic hydroxyl groups excluding tert-OH is 1. The minimum absolute atomic E-state index is 0.142. The predicted molar refractivity (Wildman–Crippen MR) is 130 cm³/mol. The van der Waals surface area contributed by atoms with Gasteiger partial charge in [0.2, 0.25) is 18.1 Å². The number of rotatable bonds is 4. The Labute approximate surface area is 207 Å². The van der Waals surface area contributed by atoms with Gasteiger partial charge in [-0.05, 0) is 29.7 Å². The van der Waals surface area contributed by atoms with E-state index in [4.69, 9.17) is 4.74 Å². The van der Waals surface area contributed by atoms with Gasteiger partial charge in [-0.1, -0.05) is 48.6 Å². The van der Waals surface area contributed by atoms with Gasteiger partial charge in [0.05, 0.1) is 6.42 Å². The van der Waals surface area contributed by atoms with Crippen LogP contribution in [0.2, 0.25) is 0 Å². The summed E-state index contributed by atoms with van der Waals surface area (Å²) in [4.78, 5) is 53.2. The van der Waals surface area contributed by atoms with Crippen molar-refractivity contribution >= 4 is 34.5 Å². The van der Waals surface area contributed by atoms with Gasteiger partial charge in [-0.3, -0.25) is 19.2 Å². The molecule has 188 valence electrons. The average molecular weight is 493 g/mol. The third-order valence-corrected chi connectivity index (χ3v) is 6.90. The largest absolute Gasteiger partial charge is 0.434 e. The normalized spacial score (nSPS) is 29.0. The molecule has 5 rings (SSSR count). The van der Waals surface area contributed by atoms with Crippen molar-refractivity contribution in [3.05, 3.63) is 60.2 Å². The van der Waals surface area contributed by atoms with Crippen LogP contribution >= 0.6 is 0 Å². The molecule has 36 heavy (non-hydrogen) atoms. The van der Waals surface area contributed by atoms with E-state index >= 15 is 0 Å². The summed E-state index contributed by atoms with van der Waals surface area (Å²) in [5, 5.41) is 20.3. The fourth-order valence-electron chi connectivity index (χ4n) is 5.08. The van der Waals surface area contributed by atoms with Crippen molar-refractivity contribution < 1.29 is 29.0 Å². The molecule has 3 heterocycles. The Kier molecular flexibility index (Phi) is 6.71. The molecule has 0 saturated carbocycles. The molecule has 2 aromatic carbocycles. The zero-order chi connectivity index (χ0) is 25.2. The number of carbonyl (C=O) groups is 4. The fraction of sp³-hybridized carbons (Fsp3) is 0.385. The van der Waals surface area contributed by atoms with Gasteiger partial charge in [-0.15, -0.1) is 0 Å². The van der Waals surface area contributed by atoms with Crippen LogP contribution in [0, 0.1) is 0 Å². The van der Waals surface area contributed by atoms with E-state index in [0.717, 1.165) is 10.8 Å². The minimum atomic E-state index is -1.42. The fourth-order valence-corrected chi connectivity index (χ4v) is 5.08. The molecule has 0 aliphatic carbocycles. The van der Waals surface area contributed by atoms with Crippen LogP contribution < -0.4 is 16.0 Å². The van der Waals surface area contributed by atoms with Crippen LogP contribution in [0.15, 0.2) is 54.6 Å². The van der Waals surface area contributed by atoms with Gasteiger partial charge in [0.15, 0.2) is 0 Å². The summed E-state index contributed by atoms with van der Waals surface area (Å²) in [6.07, 6.45) is 3.12. The van der Waals surface area contributed by atoms with Crippen LogP contribution in [-0.2, 0) is 19.1 Å². The molecule has 2 fully saturated rings.